The topological polar surface area (TPSA) is 86.4 Å². The largest absolute Gasteiger partial charge is 0.467 e. The summed E-state index contributed by atoms with van der Waals surface area (Å²) in [5, 5.41) is 0. The fraction of sp³-hybridized carbons (Fsp3) is 0.727. The van der Waals surface area contributed by atoms with E-state index in [4.69, 9.17) is 15.2 Å². The minimum atomic E-state index is 0.160. The van der Waals surface area contributed by atoms with E-state index in [9.17, 15) is 0 Å². The molecule has 1 aromatic rings. The predicted octanol–water partition coefficient (Wildman–Crippen LogP) is 0.468. The molecule has 0 spiro atoms. The number of hydrogen-bond acceptors (Lipinski definition) is 7. The monoisotopic (exact) mass is 253 g/mol. The normalized spacial score (nSPS) is 19.6. The fourth-order valence-corrected chi connectivity index (χ4v) is 1.96. The van der Waals surface area contributed by atoms with Crippen molar-refractivity contribution in [2.45, 2.75) is 25.4 Å². The van der Waals surface area contributed by atoms with Gasteiger partial charge in [-0.25, -0.2) is 0 Å². The number of aromatic nitrogens is 3. The highest BCUT2D eigenvalue weighted by atomic mass is 16.5. The third-order valence-corrected chi connectivity index (χ3v) is 2.90. The summed E-state index contributed by atoms with van der Waals surface area (Å²) < 4.78 is 10.7. The van der Waals surface area contributed by atoms with Gasteiger partial charge in [-0.05, 0) is 19.3 Å². The third kappa shape index (κ3) is 3.19. The number of ether oxygens (including phenoxy) is 2. The van der Waals surface area contributed by atoms with Crippen LogP contribution < -0.4 is 15.4 Å². The molecule has 1 aliphatic heterocycles. The molecule has 1 atom stereocenters. The van der Waals surface area contributed by atoms with Crippen LogP contribution in [0.5, 0.6) is 6.01 Å². The van der Waals surface area contributed by atoms with E-state index in [2.05, 4.69) is 15.0 Å². The second-order valence-electron chi connectivity index (χ2n) is 4.35. The molecule has 0 aromatic carbocycles. The number of nitrogens with zero attached hydrogens (tertiary/aromatic N) is 4. The minimum absolute atomic E-state index is 0.160. The van der Waals surface area contributed by atoms with Gasteiger partial charge in [0, 0.05) is 20.2 Å². The Bertz CT molecular complexity index is 395. The van der Waals surface area contributed by atoms with E-state index in [0.717, 1.165) is 26.0 Å². The van der Waals surface area contributed by atoms with Crippen LogP contribution in [0, 0.1) is 0 Å². The first-order valence-corrected chi connectivity index (χ1v) is 6.07. The molecule has 2 heterocycles. The quantitative estimate of drug-likeness (QED) is 0.834. The van der Waals surface area contributed by atoms with E-state index >= 15 is 0 Å². The minimum Gasteiger partial charge on any atom is -0.467 e. The second-order valence-corrected chi connectivity index (χ2v) is 4.35. The highest BCUT2D eigenvalue weighted by Crippen LogP contribution is 2.17. The van der Waals surface area contributed by atoms with Crippen LogP contribution >= 0.6 is 0 Å². The van der Waals surface area contributed by atoms with Crippen LogP contribution in [-0.2, 0) is 4.74 Å². The van der Waals surface area contributed by atoms with Crippen molar-refractivity contribution < 1.29 is 9.47 Å². The average molecular weight is 253 g/mol. The van der Waals surface area contributed by atoms with Crippen molar-refractivity contribution in [2.75, 3.05) is 37.9 Å². The van der Waals surface area contributed by atoms with Crippen molar-refractivity contribution >= 4 is 11.9 Å². The van der Waals surface area contributed by atoms with Crippen molar-refractivity contribution in [1.29, 1.82) is 0 Å². The maximum atomic E-state index is 5.68. The fourth-order valence-electron chi connectivity index (χ4n) is 1.96. The number of methoxy groups -OCH3 is 1. The first-order valence-electron chi connectivity index (χ1n) is 6.07. The SMILES string of the molecule is COc1nc(N)nc(N(C)CC2CCCCO2)n1. The van der Waals surface area contributed by atoms with Crippen molar-refractivity contribution in [3.63, 3.8) is 0 Å². The van der Waals surface area contributed by atoms with Crippen LogP contribution in [0.2, 0.25) is 0 Å². The van der Waals surface area contributed by atoms with Gasteiger partial charge in [-0.3, -0.25) is 0 Å². The molecule has 2 N–H and O–H groups in total. The van der Waals surface area contributed by atoms with Crippen LogP contribution in [-0.4, -0.2) is 48.4 Å². The molecule has 18 heavy (non-hydrogen) atoms. The third-order valence-electron chi connectivity index (χ3n) is 2.90. The van der Waals surface area contributed by atoms with Gasteiger partial charge in [0.2, 0.25) is 11.9 Å². The molecule has 1 aromatic heterocycles. The number of nitrogens with two attached hydrogens (primary N) is 1. The number of hydrogen-bond donors (Lipinski definition) is 1. The van der Waals surface area contributed by atoms with Crippen LogP contribution in [0.1, 0.15) is 19.3 Å². The molecule has 0 bridgehead atoms. The first kappa shape index (κ1) is 12.8. The Morgan fingerprint density at radius 3 is 2.89 bits per heavy atom. The summed E-state index contributed by atoms with van der Waals surface area (Å²) in [5.41, 5.74) is 5.61. The van der Waals surface area contributed by atoms with Gasteiger partial charge < -0.3 is 20.1 Å². The van der Waals surface area contributed by atoms with Crippen LogP contribution in [0.4, 0.5) is 11.9 Å². The zero-order valence-corrected chi connectivity index (χ0v) is 10.8. The molecular weight excluding hydrogens is 234 g/mol. The zero-order chi connectivity index (χ0) is 13.0. The summed E-state index contributed by atoms with van der Waals surface area (Å²) in [4.78, 5) is 14.0. The van der Waals surface area contributed by atoms with Crippen LogP contribution in [0.15, 0.2) is 0 Å². The van der Waals surface area contributed by atoms with E-state index in [1.807, 2.05) is 11.9 Å². The summed E-state index contributed by atoms with van der Waals surface area (Å²) in [5.74, 6) is 0.668. The summed E-state index contributed by atoms with van der Waals surface area (Å²) >= 11 is 0. The lowest BCUT2D eigenvalue weighted by Gasteiger charge is -2.27. The molecule has 1 fully saturated rings. The highest BCUT2D eigenvalue weighted by Gasteiger charge is 2.18. The van der Waals surface area contributed by atoms with Gasteiger partial charge in [-0.1, -0.05) is 0 Å². The lowest BCUT2D eigenvalue weighted by atomic mass is 10.1. The van der Waals surface area contributed by atoms with Crippen LogP contribution in [0.3, 0.4) is 0 Å². The number of rotatable bonds is 4. The Balaban J connectivity index is 2.02. The van der Waals surface area contributed by atoms with E-state index in [1.165, 1.54) is 13.5 Å². The lowest BCUT2D eigenvalue weighted by molar-refractivity contribution is 0.0214. The van der Waals surface area contributed by atoms with Gasteiger partial charge in [0.05, 0.1) is 13.2 Å². The average Bonchev–Trinajstić information content (AvgIpc) is 2.39. The Hall–Kier alpha value is -1.63. The smallest absolute Gasteiger partial charge is 0.322 e. The Kier molecular flexibility index (Phi) is 4.14. The molecule has 1 saturated heterocycles. The molecule has 0 radical (unpaired) electrons. The molecule has 100 valence electrons. The molecule has 7 heteroatoms. The van der Waals surface area contributed by atoms with E-state index in [-0.39, 0.29) is 18.1 Å². The molecule has 1 aliphatic rings. The molecule has 0 saturated carbocycles. The zero-order valence-electron chi connectivity index (χ0n) is 10.8. The van der Waals surface area contributed by atoms with Crippen LogP contribution in [0.25, 0.3) is 0 Å². The van der Waals surface area contributed by atoms with Gasteiger partial charge in [0.25, 0.3) is 0 Å². The van der Waals surface area contributed by atoms with Gasteiger partial charge in [-0.15, -0.1) is 0 Å². The van der Waals surface area contributed by atoms with Crippen molar-refractivity contribution in [3.05, 3.63) is 0 Å². The summed E-state index contributed by atoms with van der Waals surface area (Å²) in [6.45, 7) is 1.58. The summed E-state index contributed by atoms with van der Waals surface area (Å²) in [6.07, 6.45) is 3.66. The van der Waals surface area contributed by atoms with Gasteiger partial charge in [-0.2, -0.15) is 15.0 Å². The summed E-state index contributed by atoms with van der Waals surface area (Å²) in [6, 6.07) is 0.230. The summed E-state index contributed by atoms with van der Waals surface area (Å²) in [7, 11) is 3.41. The Labute approximate surface area is 106 Å². The van der Waals surface area contributed by atoms with Gasteiger partial charge in [0.15, 0.2) is 0 Å². The number of nitrogen functional groups attached to an aromatic ring is 1. The maximum absolute atomic E-state index is 5.68. The molecule has 0 aliphatic carbocycles. The molecule has 0 amide bonds. The van der Waals surface area contributed by atoms with Crippen molar-refractivity contribution in [3.8, 4) is 6.01 Å². The molecule has 1 unspecified atom stereocenters. The lowest BCUT2D eigenvalue weighted by Crippen LogP contribution is -2.34. The van der Waals surface area contributed by atoms with Crippen molar-refractivity contribution in [1.82, 2.24) is 15.0 Å². The maximum Gasteiger partial charge on any atom is 0.322 e. The van der Waals surface area contributed by atoms with E-state index in [0.29, 0.717) is 5.95 Å². The highest BCUT2D eigenvalue weighted by molar-refractivity contribution is 5.35. The Morgan fingerprint density at radius 2 is 2.22 bits per heavy atom. The van der Waals surface area contributed by atoms with Gasteiger partial charge >= 0.3 is 6.01 Å². The Morgan fingerprint density at radius 1 is 1.39 bits per heavy atom. The number of anilines is 2. The van der Waals surface area contributed by atoms with E-state index < -0.39 is 0 Å². The number of likely N-dealkylation sites (N-methyl/N-ethyl adjacent to an activating group) is 1. The standard InChI is InChI=1S/C11H19N5O2/c1-16(7-8-5-3-4-6-18-8)10-13-9(12)14-11(15-10)17-2/h8H,3-7H2,1-2H3,(H2,12,13,14,15). The first-order chi connectivity index (χ1) is 8.69. The predicted molar refractivity (Wildman–Crippen MR) is 67.7 cm³/mol. The second kappa shape index (κ2) is 5.81. The van der Waals surface area contributed by atoms with Crippen molar-refractivity contribution in [2.24, 2.45) is 0 Å². The molecule has 7 nitrogen and oxygen atoms in total. The molecular formula is C11H19N5O2. The molecule has 2 rings (SSSR count). The van der Waals surface area contributed by atoms with Gasteiger partial charge in [0.1, 0.15) is 0 Å². The van der Waals surface area contributed by atoms with E-state index in [1.54, 1.807) is 0 Å².